The number of halogens is 1. The number of ether oxygens (including phenoxy) is 1. The molecule has 1 rings (SSSR count). The summed E-state index contributed by atoms with van der Waals surface area (Å²) in [4.78, 5) is 8.92. The highest BCUT2D eigenvalue weighted by molar-refractivity contribution is 14.1. The van der Waals surface area contributed by atoms with Crippen LogP contribution in [0.15, 0.2) is 0 Å². The van der Waals surface area contributed by atoms with Crippen molar-refractivity contribution >= 4 is 28.4 Å². The number of aryl methyl sites for hydroxylation is 1. The summed E-state index contributed by atoms with van der Waals surface area (Å²) in [5.41, 5.74) is 1.01. The highest BCUT2D eigenvalue weighted by atomic mass is 127. The first-order valence-electron chi connectivity index (χ1n) is 4.80. The number of hydrogen-bond acceptors (Lipinski definition) is 4. The number of rotatable bonds is 4. The van der Waals surface area contributed by atoms with Crippen molar-refractivity contribution in [1.29, 1.82) is 0 Å². The zero-order chi connectivity index (χ0) is 11.4. The Kier molecular flexibility index (Phi) is 4.72. The third-order valence-electron chi connectivity index (χ3n) is 2.13. The molecule has 0 saturated carbocycles. The van der Waals surface area contributed by atoms with Crippen LogP contribution in [0.2, 0.25) is 0 Å². The summed E-state index contributed by atoms with van der Waals surface area (Å²) in [6, 6.07) is 0. The van der Waals surface area contributed by atoms with Gasteiger partial charge in [-0.15, -0.1) is 0 Å². The Morgan fingerprint density at radius 2 is 2.13 bits per heavy atom. The van der Waals surface area contributed by atoms with E-state index in [9.17, 15) is 0 Å². The van der Waals surface area contributed by atoms with Crippen LogP contribution in [0.4, 0.5) is 5.82 Å². The van der Waals surface area contributed by atoms with Gasteiger partial charge < -0.3 is 10.1 Å². The van der Waals surface area contributed by atoms with Gasteiger partial charge in [0.1, 0.15) is 11.6 Å². The second kappa shape index (κ2) is 5.60. The van der Waals surface area contributed by atoms with Crippen molar-refractivity contribution in [2.75, 3.05) is 26.1 Å². The number of hydrogen-bond donors (Lipinski definition) is 1. The number of aromatic nitrogens is 2. The summed E-state index contributed by atoms with van der Waals surface area (Å²) in [6.45, 7) is 4.70. The fourth-order valence-electron chi connectivity index (χ4n) is 1.29. The van der Waals surface area contributed by atoms with Crippen LogP contribution in [-0.4, -0.2) is 30.7 Å². The standard InChI is InChI=1S/C10H16IN3O/c1-6(5-15-4)9-13-7(2)8(11)10(12-3)14-9/h6H,5H2,1-4H3,(H,12,13,14). The quantitative estimate of drug-likeness (QED) is 0.864. The lowest BCUT2D eigenvalue weighted by molar-refractivity contribution is 0.181. The second-order valence-electron chi connectivity index (χ2n) is 3.44. The highest BCUT2D eigenvalue weighted by Gasteiger charge is 2.13. The van der Waals surface area contributed by atoms with Crippen molar-refractivity contribution in [3.05, 3.63) is 15.1 Å². The van der Waals surface area contributed by atoms with Gasteiger partial charge >= 0.3 is 0 Å². The summed E-state index contributed by atoms with van der Waals surface area (Å²) >= 11 is 2.25. The number of methoxy groups -OCH3 is 1. The molecule has 84 valence electrons. The molecule has 1 aromatic rings. The topological polar surface area (TPSA) is 47.0 Å². The van der Waals surface area contributed by atoms with E-state index in [-0.39, 0.29) is 5.92 Å². The lowest BCUT2D eigenvalue weighted by atomic mass is 10.2. The van der Waals surface area contributed by atoms with Crippen molar-refractivity contribution in [3.63, 3.8) is 0 Å². The number of nitrogens with zero attached hydrogens (tertiary/aromatic N) is 2. The van der Waals surface area contributed by atoms with E-state index < -0.39 is 0 Å². The summed E-state index contributed by atoms with van der Waals surface area (Å²) < 4.78 is 6.17. The normalized spacial score (nSPS) is 12.6. The van der Waals surface area contributed by atoms with Crippen molar-refractivity contribution in [2.24, 2.45) is 0 Å². The Morgan fingerprint density at radius 1 is 1.47 bits per heavy atom. The minimum Gasteiger partial charge on any atom is -0.384 e. The predicted octanol–water partition coefficient (Wildman–Crippen LogP) is 2.18. The van der Waals surface area contributed by atoms with E-state index in [1.54, 1.807) is 7.11 Å². The molecule has 15 heavy (non-hydrogen) atoms. The van der Waals surface area contributed by atoms with Crippen LogP contribution in [-0.2, 0) is 4.74 Å². The van der Waals surface area contributed by atoms with Crippen molar-refractivity contribution in [2.45, 2.75) is 19.8 Å². The molecule has 1 N–H and O–H groups in total. The van der Waals surface area contributed by atoms with Crippen LogP contribution in [0.1, 0.15) is 24.4 Å². The number of anilines is 1. The highest BCUT2D eigenvalue weighted by Crippen LogP contribution is 2.21. The van der Waals surface area contributed by atoms with Crippen LogP contribution in [0.25, 0.3) is 0 Å². The van der Waals surface area contributed by atoms with E-state index in [0.29, 0.717) is 6.61 Å². The van der Waals surface area contributed by atoms with E-state index >= 15 is 0 Å². The Morgan fingerprint density at radius 3 is 2.67 bits per heavy atom. The molecule has 4 nitrogen and oxygen atoms in total. The Bertz CT molecular complexity index is 344. The van der Waals surface area contributed by atoms with Gasteiger partial charge in [-0.05, 0) is 29.5 Å². The third-order valence-corrected chi connectivity index (χ3v) is 3.42. The van der Waals surface area contributed by atoms with E-state index in [2.05, 4.69) is 44.8 Å². The zero-order valence-corrected chi connectivity index (χ0v) is 11.6. The molecule has 0 spiro atoms. The molecule has 0 aromatic carbocycles. The van der Waals surface area contributed by atoms with Gasteiger partial charge in [0, 0.05) is 20.1 Å². The van der Waals surface area contributed by atoms with Gasteiger partial charge in [-0.25, -0.2) is 9.97 Å². The summed E-state index contributed by atoms with van der Waals surface area (Å²) in [7, 11) is 3.56. The molecule has 0 aliphatic rings. The van der Waals surface area contributed by atoms with Gasteiger partial charge in [0.2, 0.25) is 0 Å². The minimum atomic E-state index is 0.220. The Hall–Kier alpha value is -0.430. The SMILES string of the molecule is CNc1nc(C(C)COC)nc(C)c1I. The smallest absolute Gasteiger partial charge is 0.143 e. The average Bonchev–Trinajstić information content (AvgIpc) is 2.22. The summed E-state index contributed by atoms with van der Waals surface area (Å²) in [6.07, 6.45) is 0. The molecule has 1 unspecified atom stereocenters. The fraction of sp³-hybridized carbons (Fsp3) is 0.600. The van der Waals surface area contributed by atoms with E-state index in [0.717, 1.165) is 20.9 Å². The Labute approximate surface area is 104 Å². The molecule has 0 bridgehead atoms. The molecular weight excluding hydrogens is 305 g/mol. The minimum absolute atomic E-state index is 0.220. The fourth-order valence-corrected chi connectivity index (χ4v) is 1.80. The maximum absolute atomic E-state index is 5.10. The third kappa shape index (κ3) is 3.01. The van der Waals surface area contributed by atoms with Crippen LogP contribution in [0.3, 0.4) is 0 Å². The van der Waals surface area contributed by atoms with E-state index in [1.165, 1.54) is 0 Å². The average molecular weight is 321 g/mol. The molecule has 1 aromatic heterocycles. The van der Waals surface area contributed by atoms with Crippen LogP contribution >= 0.6 is 22.6 Å². The first-order chi connectivity index (χ1) is 7.10. The predicted molar refractivity (Wildman–Crippen MR) is 69.3 cm³/mol. The molecule has 0 saturated heterocycles. The largest absolute Gasteiger partial charge is 0.384 e. The molecule has 0 aliphatic carbocycles. The Balaban J connectivity index is 3.05. The zero-order valence-electron chi connectivity index (χ0n) is 9.47. The van der Waals surface area contributed by atoms with Gasteiger partial charge in [-0.1, -0.05) is 6.92 Å². The van der Waals surface area contributed by atoms with Gasteiger partial charge in [-0.2, -0.15) is 0 Å². The lowest BCUT2D eigenvalue weighted by Crippen LogP contribution is -2.11. The molecular formula is C10H16IN3O. The van der Waals surface area contributed by atoms with E-state index in [1.807, 2.05) is 14.0 Å². The first kappa shape index (κ1) is 12.6. The molecule has 0 radical (unpaired) electrons. The monoisotopic (exact) mass is 321 g/mol. The maximum atomic E-state index is 5.10. The van der Waals surface area contributed by atoms with Crippen molar-refractivity contribution < 1.29 is 4.74 Å². The first-order valence-corrected chi connectivity index (χ1v) is 5.88. The van der Waals surface area contributed by atoms with Gasteiger partial charge in [0.15, 0.2) is 0 Å². The molecule has 0 aliphatic heterocycles. The summed E-state index contributed by atoms with van der Waals surface area (Å²) in [5, 5.41) is 3.07. The van der Waals surface area contributed by atoms with E-state index in [4.69, 9.17) is 4.74 Å². The molecule has 0 fully saturated rings. The summed E-state index contributed by atoms with van der Waals surface area (Å²) in [5.74, 6) is 1.94. The van der Waals surface area contributed by atoms with Crippen LogP contribution < -0.4 is 5.32 Å². The lowest BCUT2D eigenvalue weighted by Gasteiger charge is -2.12. The van der Waals surface area contributed by atoms with Gasteiger partial charge in [-0.3, -0.25) is 0 Å². The molecule has 0 amide bonds. The van der Waals surface area contributed by atoms with Gasteiger partial charge in [0.05, 0.1) is 15.9 Å². The van der Waals surface area contributed by atoms with Crippen LogP contribution in [0.5, 0.6) is 0 Å². The molecule has 1 atom stereocenters. The van der Waals surface area contributed by atoms with Crippen LogP contribution in [0, 0.1) is 10.5 Å². The van der Waals surface area contributed by atoms with Gasteiger partial charge in [0.25, 0.3) is 0 Å². The molecule has 1 heterocycles. The maximum Gasteiger partial charge on any atom is 0.143 e. The number of nitrogens with one attached hydrogen (secondary N) is 1. The molecule has 5 heteroatoms. The second-order valence-corrected chi connectivity index (χ2v) is 4.51. The van der Waals surface area contributed by atoms with Crippen molar-refractivity contribution in [3.8, 4) is 0 Å². The van der Waals surface area contributed by atoms with Crippen molar-refractivity contribution in [1.82, 2.24) is 9.97 Å².